The molecule has 0 atom stereocenters. The van der Waals surface area contributed by atoms with Crippen LogP contribution in [-0.4, -0.2) is 67.9 Å². The molecule has 1 amide bonds. The summed E-state index contributed by atoms with van der Waals surface area (Å²) in [4.78, 5) is 40.6. The first-order valence-corrected chi connectivity index (χ1v) is 46.0. The van der Waals surface area contributed by atoms with E-state index >= 15 is 0 Å². The van der Waals surface area contributed by atoms with Crippen LogP contribution in [0.3, 0.4) is 0 Å². The van der Waals surface area contributed by atoms with Crippen LogP contribution in [-0.2, 0) is 86.9 Å². The van der Waals surface area contributed by atoms with E-state index in [-0.39, 0.29) is 47.7 Å². The molecule has 0 fully saturated rings. The number of ether oxygens (including phenoxy) is 1. The van der Waals surface area contributed by atoms with Gasteiger partial charge in [0.2, 0.25) is 0 Å². The van der Waals surface area contributed by atoms with Crippen molar-refractivity contribution < 1.29 is 34.4 Å². The molecule has 13 nitrogen and oxygen atoms in total. The van der Waals surface area contributed by atoms with E-state index in [1.54, 1.807) is 30.3 Å². The van der Waals surface area contributed by atoms with Gasteiger partial charge in [-0.25, -0.2) is 19.3 Å². The third kappa shape index (κ3) is 28.3. The molecule has 18 heteroatoms. The number of aryl methyl sites for hydroxylation is 6. The summed E-state index contributed by atoms with van der Waals surface area (Å²) in [7, 11) is 5.88. The largest absolute Gasteiger partial charge is 0.481 e. The average molecular weight is 2070 g/mol. The number of rotatable bonds is 20. The molecule has 126 heavy (non-hydrogen) atoms. The summed E-state index contributed by atoms with van der Waals surface area (Å²) in [5, 5.41) is 13.2. The van der Waals surface area contributed by atoms with Crippen molar-refractivity contribution in [2.75, 3.05) is 6.61 Å². The summed E-state index contributed by atoms with van der Waals surface area (Å²) in [5.41, 5.74) is 24.4. The molecular weight excluding hydrogens is 1950 g/mol. The van der Waals surface area contributed by atoms with Crippen molar-refractivity contribution >= 4 is 76.4 Å². The number of carbonyl (C=O) groups excluding carboxylic acids is 2. The minimum atomic E-state index is -0.429. The van der Waals surface area contributed by atoms with Crippen LogP contribution >= 0.6 is 59.4 Å². The first-order valence-electron chi connectivity index (χ1n) is 43.2. The fourth-order valence-corrected chi connectivity index (χ4v) is 15.5. The Labute approximate surface area is 792 Å². The van der Waals surface area contributed by atoms with Crippen molar-refractivity contribution in [2.24, 2.45) is 26.1 Å². The van der Waals surface area contributed by atoms with Gasteiger partial charge in [-0.15, -0.1) is 35.4 Å². The van der Waals surface area contributed by atoms with Gasteiger partial charge in [0.15, 0.2) is 29.2 Å². The number of benzene rings is 11. The molecule has 657 valence electrons. The van der Waals surface area contributed by atoms with Gasteiger partial charge in [0.1, 0.15) is 5.82 Å². The van der Waals surface area contributed by atoms with Crippen LogP contribution in [0.1, 0.15) is 210 Å². The van der Waals surface area contributed by atoms with Gasteiger partial charge in [0.25, 0.3) is 11.1 Å². The molecule has 0 saturated carbocycles. The zero-order chi connectivity index (χ0) is 90.5. The van der Waals surface area contributed by atoms with Crippen LogP contribution in [0.15, 0.2) is 267 Å². The first-order chi connectivity index (χ1) is 59.4. The second-order valence-corrected chi connectivity index (χ2v) is 38.5. The van der Waals surface area contributed by atoms with Crippen LogP contribution in [0.5, 0.6) is 0 Å². The molecule has 14 aromatic rings. The molecule has 0 N–H and O–H groups in total. The molecule has 1 radical (unpaired) electrons. The normalized spacial score (nSPS) is 11.5. The number of carbonyl (C=O) groups is 2. The Hall–Kier alpha value is -9.97. The summed E-state index contributed by atoms with van der Waals surface area (Å²) in [6, 6.07) is 90.7. The molecule has 0 aliphatic heterocycles. The molecule has 0 aliphatic rings. The standard InChI is InChI=1S/C38H43N3.C38H42N3.C13H16BrNO2.C12H14BrN3.C7H4BrClO.Ir/c2*1-9-11-35-39-36(41(8)40-35)29-13-10-12-28(22-29)32-24-30(26-14-18-33(19-15-26)37(2,3)4)23-31(25-32)27-16-20-34(21-17-27)38(5,6)7;1-3-6-12(17-4-2)15-13(16)10-7-5-8-11(14)9-10;1-3-5-11-14-12(16(2)15-11)9-6-4-7-10(13)8-9;8-6-3-1-2-5(4-6)7(9)10;/h10,12-25H,9,11H2,1-8H3;10,12,14-25H,9,11H2,1-8H3;5,7-9H,3-4,6H2,1-2H3;4,6-8H,3,5H2,1-2H3;1-4H;/q;-1;;;;. The van der Waals surface area contributed by atoms with Crippen LogP contribution < -0.4 is 0 Å². The van der Waals surface area contributed by atoms with Crippen molar-refractivity contribution in [2.45, 2.75) is 191 Å². The van der Waals surface area contributed by atoms with E-state index in [1.165, 1.54) is 83.5 Å². The fourth-order valence-electron chi connectivity index (χ4n) is 14.1. The molecular formula is C108H119Br3ClIrN10O3-. The monoisotopic (exact) mass is 2070 g/mol. The number of hydrogen-bond acceptors (Lipinski definition) is 9. The fraction of sp³-hybridized carbons (Fsp3) is 0.306. The quantitative estimate of drug-likeness (QED) is 0.0315. The number of amides is 1. The maximum Gasteiger partial charge on any atom is 0.280 e. The molecule has 0 saturated heterocycles. The maximum absolute atomic E-state index is 11.9. The second-order valence-electron chi connectivity index (χ2n) is 35.5. The molecule has 0 aliphatic carbocycles. The molecule has 3 heterocycles. The zero-order valence-electron chi connectivity index (χ0n) is 76.6. The van der Waals surface area contributed by atoms with E-state index < -0.39 is 5.24 Å². The van der Waals surface area contributed by atoms with Gasteiger partial charge in [0.05, 0.1) is 12.4 Å². The van der Waals surface area contributed by atoms with Crippen LogP contribution in [0.2, 0.25) is 0 Å². The third-order valence-corrected chi connectivity index (χ3v) is 22.8. The Morgan fingerprint density at radius 3 is 1.02 bits per heavy atom. The van der Waals surface area contributed by atoms with Crippen molar-refractivity contribution in [3.8, 4) is 101 Å². The average Bonchev–Trinajstić information content (AvgIpc) is 1.75. The van der Waals surface area contributed by atoms with E-state index in [9.17, 15) is 9.59 Å². The Kier molecular flexibility index (Phi) is 36.2. The minimum Gasteiger partial charge on any atom is -0.481 e. The first kappa shape index (κ1) is 99.8. The molecule has 14 rings (SSSR count). The van der Waals surface area contributed by atoms with Gasteiger partial charge < -0.3 is 4.74 Å². The molecule has 3 aromatic heterocycles. The Bertz CT molecular complexity index is 5570. The predicted molar refractivity (Wildman–Crippen MR) is 532 cm³/mol. The molecule has 0 bridgehead atoms. The van der Waals surface area contributed by atoms with E-state index in [4.69, 9.17) is 26.3 Å². The van der Waals surface area contributed by atoms with Crippen LogP contribution in [0.4, 0.5) is 0 Å². The number of halogens is 4. The Morgan fingerprint density at radius 2 is 0.675 bits per heavy atom. The van der Waals surface area contributed by atoms with Gasteiger partial charge >= 0.3 is 0 Å². The summed E-state index contributed by atoms with van der Waals surface area (Å²) in [6.45, 7) is 38.0. The third-order valence-electron chi connectivity index (χ3n) is 21.1. The Morgan fingerprint density at radius 1 is 0.365 bits per heavy atom. The zero-order valence-corrected chi connectivity index (χ0v) is 84.5. The number of aromatic nitrogens is 9. The van der Waals surface area contributed by atoms with Crippen molar-refractivity contribution in [3.63, 3.8) is 0 Å². The van der Waals surface area contributed by atoms with Gasteiger partial charge in [-0.05, 0) is 234 Å². The summed E-state index contributed by atoms with van der Waals surface area (Å²) in [6.07, 6.45) is 7.42. The number of nitrogens with zero attached hydrogens (tertiary/aromatic N) is 10. The van der Waals surface area contributed by atoms with E-state index in [2.05, 4.69) is 359 Å². The summed E-state index contributed by atoms with van der Waals surface area (Å²) in [5.74, 6) is 5.62. The SMILES string of the molecule is CCCC(=NC(=O)c1cccc(Br)c1)OCC.CCCc1nc(-c2[c-]ccc(-c3cc(-c4ccc(C(C)(C)C)cc4)cc(-c4ccc(C(C)(C)C)cc4)c3)c2)n(C)n1.CCCc1nc(-c2cccc(-c3cc(-c4ccc(C(C)(C)C)cc4)cc(-c4ccc(C(C)(C)C)cc4)c3)c2)n(C)n1.CCCc1nc(-c2cccc(Br)c2)n(C)n1.O=C(Cl)c1cccc(Br)c1.[Ir]. The van der Waals surface area contributed by atoms with Crippen molar-refractivity contribution in [1.29, 1.82) is 0 Å². The second kappa shape index (κ2) is 45.6. The van der Waals surface area contributed by atoms with Crippen molar-refractivity contribution in [3.05, 3.63) is 319 Å². The van der Waals surface area contributed by atoms with Gasteiger partial charge in [-0.1, -0.05) is 304 Å². The summed E-state index contributed by atoms with van der Waals surface area (Å²) < 4.78 is 13.7. The van der Waals surface area contributed by atoms with Gasteiger partial charge in [-0.3, -0.25) is 19.3 Å². The smallest absolute Gasteiger partial charge is 0.280 e. The maximum atomic E-state index is 11.9. The van der Waals surface area contributed by atoms with E-state index in [0.29, 0.717) is 30.1 Å². The number of aliphatic imine (C=N–C) groups is 1. The van der Waals surface area contributed by atoms with Crippen LogP contribution in [0.25, 0.3) is 101 Å². The van der Waals surface area contributed by atoms with Crippen LogP contribution in [0, 0.1) is 6.07 Å². The molecule has 0 unspecified atom stereocenters. The van der Waals surface area contributed by atoms with Gasteiger partial charge in [-0.2, -0.15) is 20.3 Å². The Balaban J connectivity index is 0.000000195. The predicted octanol–water partition coefficient (Wildman–Crippen LogP) is 29.7. The van der Waals surface area contributed by atoms with E-state index in [1.807, 2.05) is 91.5 Å². The topological polar surface area (TPSA) is 148 Å². The molecule has 11 aromatic carbocycles. The summed E-state index contributed by atoms with van der Waals surface area (Å²) >= 11 is 15.2. The van der Waals surface area contributed by atoms with Crippen molar-refractivity contribution in [1.82, 2.24) is 44.3 Å². The van der Waals surface area contributed by atoms with E-state index in [0.717, 1.165) is 116 Å². The minimum absolute atomic E-state index is 0. The number of hydrogen-bond donors (Lipinski definition) is 0. The molecule has 0 spiro atoms. The van der Waals surface area contributed by atoms with Gasteiger partial charge in [0, 0.05) is 103 Å².